The van der Waals surface area contributed by atoms with Gasteiger partial charge in [-0.2, -0.15) is 0 Å². The van der Waals surface area contributed by atoms with Crippen LogP contribution in [-0.4, -0.2) is 25.9 Å². The summed E-state index contributed by atoms with van der Waals surface area (Å²) < 4.78 is 6.82. The molecule has 2 saturated carbocycles. The number of pyridine rings is 1. The number of halogens is 2. The van der Waals surface area contributed by atoms with Gasteiger partial charge < -0.3 is 9.74 Å². The maximum Gasteiger partial charge on any atom is 0.192 e. The molecule has 0 amide bonds. The summed E-state index contributed by atoms with van der Waals surface area (Å²) in [4.78, 5) is 4.12. The fourth-order valence-corrected chi connectivity index (χ4v) is 8.13. The van der Waals surface area contributed by atoms with Crippen molar-refractivity contribution in [2.45, 2.75) is 83.2 Å². The molecular formula is C20H32Cl2N2OSi. The molecule has 1 spiro atoms. The van der Waals surface area contributed by atoms with Crippen LogP contribution < -0.4 is 5.32 Å². The highest BCUT2D eigenvalue weighted by molar-refractivity contribution is 6.73. The van der Waals surface area contributed by atoms with Crippen molar-refractivity contribution in [2.75, 3.05) is 6.54 Å². The van der Waals surface area contributed by atoms with Gasteiger partial charge in [0.2, 0.25) is 0 Å². The van der Waals surface area contributed by atoms with Crippen LogP contribution in [0.3, 0.4) is 0 Å². The zero-order chi connectivity index (χ0) is 18.8. The number of nitrogens with one attached hydrogen (secondary N) is 1. The predicted octanol–water partition coefficient (Wildman–Crippen LogP) is 6.37. The van der Waals surface area contributed by atoms with Gasteiger partial charge in [0, 0.05) is 30.5 Å². The maximum atomic E-state index is 6.82. The average molecular weight is 415 g/mol. The van der Waals surface area contributed by atoms with E-state index in [1.807, 2.05) is 0 Å². The van der Waals surface area contributed by atoms with Crippen LogP contribution in [0.2, 0.25) is 28.2 Å². The summed E-state index contributed by atoms with van der Waals surface area (Å²) >= 11 is 13.0. The summed E-state index contributed by atoms with van der Waals surface area (Å²) in [5, 5.41) is 4.97. The van der Waals surface area contributed by atoms with E-state index in [-0.39, 0.29) is 6.10 Å². The van der Waals surface area contributed by atoms with Gasteiger partial charge in [0.15, 0.2) is 8.32 Å². The molecule has 0 unspecified atom stereocenters. The smallest absolute Gasteiger partial charge is 0.192 e. The van der Waals surface area contributed by atoms with Gasteiger partial charge in [-0.25, -0.2) is 0 Å². The number of nitrogens with zero attached hydrogens (tertiary/aromatic N) is 1. The molecule has 1 heterocycles. The van der Waals surface area contributed by atoms with Crippen molar-refractivity contribution in [3.05, 3.63) is 28.0 Å². The Balaban J connectivity index is 1.73. The molecule has 0 bridgehead atoms. The minimum Gasteiger partial charge on any atom is -0.409 e. The van der Waals surface area contributed by atoms with Crippen LogP contribution in [0.15, 0.2) is 12.4 Å². The first-order valence-electron chi connectivity index (χ1n) is 10.2. The average Bonchev–Trinajstić information content (AvgIpc) is 2.56. The molecular weight excluding hydrogens is 383 g/mol. The molecule has 0 aromatic carbocycles. The van der Waals surface area contributed by atoms with Gasteiger partial charge in [-0.05, 0) is 49.2 Å². The summed E-state index contributed by atoms with van der Waals surface area (Å²) in [6, 6.07) is 3.96. The number of hydrogen-bond acceptors (Lipinski definition) is 3. The molecule has 2 fully saturated rings. The van der Waals surface area contributed by atoms with Crippen molar-refractivity contribution in [3.63, 3.8) is 0 Å². The van der Waals surface area contributed by atoms with E-state index in [1.165, 1.54) is 32.1 Å². The van der Waals surface area contributed by atoms with Gasteiger partial charge in [0.1, 0.15) is 0 Å². The molecule has 1 N–H and O–H groups in total. The molecule has 1 aromatic rings. The Labute approximate surface area is 169 Å². The summed E-state index contributed by atoms with van der Waals surface area (Å²) in [6.45, 7) is 7.54. The summed E-state index contributed by atoms with van der Waals surface area (Å²) in [5.74, 6) is 0. The van der Waals surface area contributed by atoms with E-state index in [4.69, 9.17) is 27.6 Å². The topological polar surface area (TPSA) is 34.1 Å². The Morgan fingerprint density at radius 2 is 1.73 bits per heavy atom. The van der Waals surface area contributed by atoms with Crippen molar-refractivity contribution in [1.82, 2.24) is 10.3 Å². The fraction of sp³-hybridized carbons (Fsp3) is 0.750. The Kier molecular flexibility index (Phi) is 6.72. The third-order valence-corrected chi connectivity index (χ3v) is 12.2. The van der Waals surface area contributed by atoms with E-state index in [2.05, 4.69) is 31.1 Å². The normalized spacial score (nSPS) is 20.7. The first-order chi connectivity index (χ1) is 12.5. The first-order valence-corrected chi connectivity index (χ1v) is 13.4. The van der Waals surface area contributed by atoms with Gasteiger partial charge in [0.25, 0.3) is 0 Å². The molecule has 146 valence electrons. The van der Waals surface area contributed by atoms with Crippen LogP contribution in [0.1, 0.15) is 64.5 Å². The summed E-state index contributed by atoms with van der Waals surface area (Å²) in [7, 11) is -1.78. The van der Waals surface area contributed by atoms with Crippen LogP contribution in [0.4, 0.5) is 0 Å². The third kappa shape index (κ3) is 4.15. The molecule has 0 radical (unpaired) electrons. The molecule has 1 aromatic heterocycles. The van der Waals surface area contributed by atoms with Gasteiger partial charge in [0.05, 0.1) is 16.1 Å². The second-order valence-corrected chi connectivity index (χ2v) is 13.8. The van der Waals surface area contributed by atoms with Gasteiger partial charge in [-0.15, -0.1) is 0 Å². The van der Waals surface area contributed by atoms with E-state index in [1.54, 1.807) is 12.4 Å². The molecule has 0 aliphatic heterocycles. The highest BCUT2D eigenvalue weighted by Crippen LogP contribution is 2.55. The molecule has 3 nitrogen and oxygen atoms in total. The van der Waals surface area contributed by atoms with Crippen molar-refractivity contribution < 1.29 is 4.43 Å². The summed E-state index contributed by atoms with van der Waals surface area (Å²) in [5.41, 5.74) is 1.58. The van der Waals surface area contributed by atoms with Crippen molar-refractivity contribution >= 4 is 31.5 Å². The van der Waals surface area contributed by atoms with E-state index in [0.29, 0.717) is 21.5 Å². The highest BCUT2D eigenvalue weighted by Gasteiger charge is 2.48. The lowest BCUT2D eigenvalue weighted by atomic mass is 9.54. The van der Waals surface area contributed by atoms with Crippen LogP contribution in [0.5, 0.6) is 0 Å². The Morgan fingerprint density at radius 3 is 2.19 bits per heavy atom. The van der Waals surface area contributed by atoms with E-state index in [9.17, 15) is 0 Å². The maximum absolute atomic E-state index is 6.82. The summed E-state index contributed by atoms with van der Waals surface area (Å²) in [6.07, 6.45) is 10.2. The lowest BCUT2D eigenvalue weighted by molar-refractivity contribution is -0.00565. The van der Waals surface area contributed by atoms with Crippen molar-refractivity contribution in [3.8, 4) is 0 Å². The third-order valence-electron chi connectivity index (χ3n) is 6.90. The second-order valence-electron chi connectivity index (χ2n) is 8.23. The van der Waals surface area contributed by atoms with E-state index in [0.717, 1.165) is 30.2 Å². The molecule has 0 saturated heterocycles. The van der Waals surface area contributed by atoms with Crippen LogP contribution >= 0.6 is 23.2 Å². The minimum absolute atomic E-state index is 0.0949. The quantitative estimate of drug-likeness (QED) is 0.476. The highest BCUT2D eigenvalue weighted by atomic mass is 35.5. The van der Waals surface area contributed by atoms with E-state index >= 15 is 0 Å². The predicted molar refractivity (Wildman–Crippen MR) is 113 cm³/mol. The lowest BCUT2D eigenvalue weighted by Crippen LogP contribution is -2.53. The van der Waals surface area contributed by atoms with Crippen molar-refractivity contribution in [2.24, 2.45) is 5.41 Å². The van der Waals surface area contributed by atoms with Gasteiger partial charge in [-0.3, -0.25) is 4.98 Å². The van der Waals surface area contributed by atoms with Crippen LogP contribution in [0.25, 0.3) is 0 Å². The monoisotopic (exact) mass is 414 g/mol. The number of aromatic nitrogens is 1. The number of hydrogen-bond donors (Lipinski definition) is 1. The minimum atomic E-state index is -1.78. The largest absolute Gasteiger partial charge is 0.409 e. The van der Waals surface area contributed by atoms with Crippen LogP contribution in [0, 0.1) is 5.41 Å². The number of rotatable bonds is 9. The zero-order valence-corrected chi connectivity index (χ0v) is 18.8. The SMILES string of the molecule is CC[Si](CC)(CC)O[C@@H](CNC1CC2(CCC2)C1)c1c(Cl)cncc1Cl. The molecule has 2 aliphatic rings. The van der Waals surface area contributed by atoms with Crippen LogP contribution in [-0.2, 0) is 4.43 Å². The van der Waals surface area contributed by atoms with Gasteiger partial charge >= 0.3 is 0 Å². The second kappa shape index (κ2) is 8.48. The Hall–Kier alpha value is -0.133. The lowest BCUT2D eigenvalue weighted by Gasteiger charge is -2.54. The Bertz CT molecular complexity index is 583. The molecule has 1 atom stereocenters. The van der Waals surface area contributed by atoms with Gasteiger partial charge in [-0.1, -0.05) is 50.4 Å². The fourth-order valence-electron chi connectivity index (χ4n) is 4.72. The standard InChI is InChI=1S/C20H32Cl2N2OSi/c1-4-26(5-2,6-3)25-18(19-16(21)12-23-13-17(19)22)14-24-15-10-20(11-15)8-7-9-20/h12-13,15,18,24H,4-11,14H2,1-3H3/t18-/m0/s1. The van der Waals surface area contributed by atoms with E-state index < -0.39 is 8.32 Å². The van der Waals surface area contributed by atoms with Crippen molar-refractivity contribution in [1.29, 1.82) is 0 Å². The molecule has 3 rings (SSSR count). The molecule has 2 aliphatic carbocycles. The zero-order valence-electron chi connectivity index (χ0n) is 16.3. The first kappa shape index (κ1) is 20.6. The molecule has 6 heteroatoms. The molecule has 26 heavy (non-hydrogen) atoms. The Morgan fingerprint density at radius 1 is 1.15 bits per heavy atom.